The molecule has 1 spiro atoms. The molecule has 7 heteroatoms. The molecule has 7 nitrogen and oxygen atoms in total. The van der Waals surface area contributed by atoms with Gasteiger partial charge >= 0.3 is 0 Å². The SMILES string of the molecule is CN(C)CCN1C[C@@]2(CCCN(c3cc(C(N)=O)ccn3)C2)CCC1=O. The van der Waals surface area contributed by atoms with E-state index in [-0.39, 0.29) is 11.3 Å². The molecular formula is C19H29N5O2. The summed E-state index contributed by atoms with van der Waals surface area (Å²) < 4.78 is 0. The summed E-state index contributed by atoms with van der Waals surface area (Å²) in [6.07, 6.45) is 5.39. The van der Waals surface area contributed by atoms with Gasteiger partial charge in [0, 0.05) is 56.3 Å². The monoisotopic (exact) mass is 359 g/mol. The number of likely N-dealkylation sites (N-methyl/N-ethyl adjacent to an activating group) is 1. The highest BCUT2D eigenvalue weighted by molar-refractivity contribution is 5.93. The third kappa shape index (κ3) is 4.15. The maximum absolute atomic E-state index is 12.3. The molecule has 0 saturated carbocycles. The zero-order chi connectivity index (χ0) is 18.7. The summed E-state index contributed by atoms with van der Waals surface area (Å²) in [5, 5.41) is 0. The lowest BCUT2D eigenvalue weighted by Gasteiger charge is -2.48. The van der Waals surface area contributed by atoms with Crippen molar-refractivity contribution in [3.63, 3.8) is 0 Å². The fourth-order valence-corrected chi connectivity index (χ4v) is 4.11. The van der Waals surface area contributed by atoms with Crippen molar-refractivity contribution in [2.75, 3.05) is 51.7 Å². The number of piperidine rings is 2. The smallest absolute Gasteiger partial charge is 0.248 e. The van der Waals surface area contributed by atoms with Crippen molar-refractivity contribution in [2.45, 2.75) is 25.7 Å². The molecule has 142 valence electrons. The molecule has 2 fully saturated rings. The Hall–Kier alpha value is -2.15. The zero-order valence-corrected chi connectivity index (χ0v) is 15.8. The van der Waals surface area contributed by atoms with Crippen molar-refractivity contribution >= 4 is 17.6 Å². The molecule has 2 aliphatic heterocycles. The molecule has 1 aromatic heterocycles. The molecule has 0 bridgehead atoms. The van der Waals surface area contributed by atoms with Crippen LogP contribution in [-0.4, -0.2) is 73.4 Å². The number of pyridine rings is 1. The van der Waals surface area contributed by atoms with Crippen molar-refractivity contribution in [3.05, 3.63) is 23.9 Å². The molecule has 1 atom stereocenters. The van der Waals surface area contributed by atoms with E-state index in [0.717, 1.165) is 57.8 Å². The summed E-state index contributed by atoms with van der Waals surface area (Å²) in [5.74, 6) is 0.638. The summed E-state index contributed by atoms with van der Waals surface area (Å²) in [4.78, 5) is 34.6. The first-order chi connectivity index (χ1) is 12.4. The van der Waals surface area contributed by atoms with Gasteiger partial charge in [-0.25, -0.2) is 4.98 Å². The van der Waals surface area contributed by atoms with E-state index in [9.17, 15) is 9.59 Å². The van der Waals surface area contributed by atoms with Gasteiger partial charge in [0.25, 0.3) is 0 Å². The number of hydrogen-bond acceptors (Lipinski definition) is 5. The van der Waals surface area contributed by atoms with E-state index in [0.29, 0.717) is 12.0 Å². The third-order valence-corrected chi connectivity index (χ3v) is 5.58. The lowest BCUT2D eigenvalue weighted by atomic mass is 9.73. The summed E-state index contributed by atoms with van der Waals surface area (Å²) >= 11 is 0. The number of amides is 2. The molecule has 2 amide bonds. The standard InChI is InChI=1S/C19H29N5O2/c1-22(2)10-11-24-14-19(7-4-17(24)25)6-3-9-23(13-19)16-12-15(18(20)26)5-8-21-16/h5,8,12H,3-4,6-7,9-11,13-14H2,1-2H3,(H2,20,26)/t19-/m0/s1. The van der Waals surface area contributed by atoms with Gasteiger partial charge in [0.1, 0.15) is 5.82 Å². The van der Waals surface area contributed by atoms with Gasteiger partial charge in [0.05, 0.1) is 0 Å². The predicted molar refractivity (Wildman–Crippen MR) is 101 cm³/mol. The summed E-state index contributed by atoms with van der Waals surface area (Å²) in [6, 6.07) is 3.42. The van der Waals surface area contributed by atoms with Gasteiger partial charge in [0.15, 0.2) is 0 Å². The normalized spacial score (nSPS) is 23.7. The van der Waals surface area contributed by atoms with E-state index in [2.05, 4.69) is 14.8 Å². The van der Waals surface area contributed by atoms with Gasteiger partial charge in [-0.15, -0.1) is 0 Å². The van der Waals surface area contributed by atoms with Crippen molar-refractivity contribution in [1.29, 1.82) is 0 Å². The number of primary amides is 1. The number of hydrogen-bond donors (Lipinski definition) is 1. The highest BCUT2D eigenvalue weighted by Gasteiger charge is 2.41. The lowest BCUT2D eigenvalue weighted by molar-refractivity contribution is -0.138. The minimum atomic E-state index is -0.432. The van der Waals surface area contributed by atoms with Crippen LogP contribution in [0.15, 0.2) is 18.3 Å². The number of rotatable bonds is 5. The van der Waals surface area contributed by atoms with Crippen molar-refractivity contribution in [1.82, 2.24) is 14.8 Å². The topological polar surface area (TPSA) is 82.8 Å². The van der Waals surface area contributed by atoms with Crippen LogP contribution >= 0.6 is 0 Å². The molecular weight excluding hydrogens is 330 g/mol. The van der Waals surface area contributed by atoms with Gasteiger partial charge in [0.2, 0.25) is 11.8 Å². The van der Waals surface area contributed by atoms with Gasteiger partial charge in [-0.3, -0.25) is 9.59 Å². The van der Waals surface area contributed by atoms with Crippen LogP contribution in [0.25, 0.3) is 0 Å². The fourth-order valence-electron chi connectivity index (χ4n) is 4.11. The van der Waals surface area contributed by atoms with Crippen LogP contribution in [0.2, 0.25) is 0 Å². The van der Waals surface area contributed by atoms with E-state index < -0.39 is 5.91 Å². The second kappa shape index (κ2) is 7.61. The average Bonchev–Trinajstić information content (AvgIpc) is 2.63. The number of carbonyl (C=O) groups is 2. The summed E-state index contributed by atoms with van der Waals surface area (Å²) in [7, 11) is 4.06. The number of nitrogens with zero attached hydrogens (tertiary/aromatic N) is 4. The molecule has 3 heterocycles. The molecule has 0 unspecified atom stereocenters. The largest absolute Gasteiger partial charge is 0.366 e. The number of aromatic nitrogens is 1. The van der Waals surface area contributed by atoms with E-state index >= 15 is 0 Å². The Kier molecular flexibility index (Phi) is 5.46. The second-order valence-electron chi connectivity index (χ2n) is 7.91. The highest BCUT2D eigenvalue weighted by atomic mass is 16.2. The first-order valence-electron chi connectivity index (χ1n) is 9.32. The van der Waals surface area contributed by atoms with Crippen LogP contribution in [-0.2, 0) is 4.79 Å². The van der Waals surface area contributed by atoms with Gasteiger partial charge in [-0.05, 0) is 45.5 Å². The maximum Gasteiger partial charge on any atom is 0.248 e. The van der Waals surface area contributed by atoms with Crippen molar-refractivity contribution in [2.24, 2.45) is 11.1 Å². The molecule has 2 saturated heterocycles. The minimum Gasteiger partial charge on any atom is -0.366 e. The van der Waals surface area contributed by atoms with Crippen LogP contribution in [0.3, 0.4) is 0 Å². The Balaban J connectivity index is 1.73. The lowest BCUT2D eigenvalue weighted by Crippen LogP contribution is -2.55. The minimum absolute atomic E-state index is 0.114. The van der Waals surface area contributed by atoms with E-state index in [4.69, 9.17) is 5.73 Å². The fraction of sp³-hybridized carbons (Fsp3) is 0.632. The third-order valence-electron chi connectivity index (χ3n) is 5.58. The Morgan fingerprint density at radius 2 is 2.15 bits per heavy atom. The predicted octanol–water partition coefficient (Wildman–Crippen LogP) is 0.951. The summed E-state index contributed by atoms with van der Waals surface area (Å²) in [6.45, 7) is 4.26. The Labute approximate surface area is 155 Å². The quantitative estimate of drug-likeness (QED) is 0.846. The Morgan fingerprint density at radius 3 is 2.88 bits per heavy atom. The van der Waals surface area contributed by atoms with Crippen LogP contribution in [0.1, 0.15) is 36.0 Å². The van der Waals surface area contributed by atoms with Crippen LogP contribution < -0.4 is 10.6 Å². The Morgan fingerprint density at radius 1 is 1.35 bits per heavy atom. The zero-order valence-electron chi connectivity index (χ0n) is 15.8. The van der Waals surface area contributed by atoms with Gasteiger partial charge in [-0.2, -0.15) is 0 Å². The van der Waals surface area contributed by atoms with Crippen LogP contribution in [0.5, 0.6) is 0 Å². The second-order valence-corrected chi connectivity index (χ2v) is 7.91. The molecule has 0 radical (unpaired) electrons. The van der Waals surface area contributed by atoms with E-state index in [1.807, 2.05) is 19.0 Å². The molecule has 26 heavy (non-hydrogen) atoms. The van der Waals surface area contributed by atoms with Crippen LogP contribution in [0.4, 0.5) is 5.82 Å². The molecule has 3 rings (SSSR count). The first-order valence-corrected chi connectivity index (χ1v) is 9.32. The average molecular weight is 359 g/mol. The molecule has 2 N–H and O–H groups in total. The Bertz CT molecular complexity index is 678. The number of anilines is 1. The molecule has 0 aromatic carbocycles. The van der Waals surface area contributed by atoms with Crippen LogP contribution in [0, 0.1) is 5.41 Å². The number of carbonyl (C=O) groups excluding carboxylic acids is 2. The van der Waals surface area contributed by atoms with Gasteiger partial charge < -0.3 is 20.4 Å². The molecule has 0 aliphatic carbocycles. The van der Waals surface area contributed by atoms with Gasteiger partial charge in [-0.1, -0.05) is 0 Å². The van der Waals surface area contributed by atoms with E-state index in [1.165, 1.54) is 0 Å². The molecule has 1 aromatic rings. The molecule has 2 aliphatic rings. The van der Waals surface area contributed by atoms with E-state index in [1.54, 1.807) is 18.3 Å². The summed E-state index contributed by atoms with van der Waals surface area (Å²) in [5.41, 5.74) is 6.01. The number of likely N-dealkylation sites (tertiary alicyclic amines) is 1. The maximum atomic E-state index is 12.3. The first kappa shape index (κ1) is 18.6. The highest BCUT2D eigenvalue weighted by Crippen LogP contribution is 2.39. The van der Waals surface area contributed by atoms with Crippen molar-refractivity contribution < 1.29 is 9.59 Å². The van der Waals surface area contributed by atoms with Crippen molar-refractivity contribution in [3.8, 4) is 0 Å². The number of nitrogens with two attached hydrogens (primary N) is 1.